The van der Waals surface area contributed by atoms with Gasteiger partial charge in [0.1, 0.15) is 6.10 Å². The van der Waals surface area contributed by atoms with Gasteiger partial charge in [0.05, 0.1) is 18.8 Å². The number of aliphatic hydroxyl groups excluding tert-OH is 3. The molecule has 39 heavy (non-hydrogen) atoms. The average molecular weight is 550 g/mol. The van der Waals surface area contributed by atoms with Crippen molar-refractivity contribution in [3.05, 3.63) is 36.5 Å². The van der Waals surface area contributed by atoms with Crippen molar-refractivity contribution in [2.75, 3.05) is 6.61 Å². The zero-order valence-electron chi connectivity index (χ0n) is 25.5. The van der Waals surface area contributed by atoms with Crippen LogP contribution in [0.25, 0.3) is 0 Å². The molecule has 0 aromatic carbocycles. The predicted molar refractivity (Wildman–Crippen MR) is 167 cm³/mol. The quantitative estimate of drug-likeness (QED) is 0.0586. The van der Waals surface area contributed by atoms with Gasteiger partial charge < -0.3 is 20.6 Å². The van der Waals surface area contributed by atoms with Gasteiger partial charge in [-0.3, -0.25) is 4.79 Å². The first-order valence-corrected chi connectivity index (χ1v) is 16.3. The molecule has 0 radical (unpaired) electrons. The SMILES string of the molecule is CCC/C=C/CC/C=C/CCCC(O)C(O)C(CO)NC(=O)CCCCCCCCC/C=C\CCCCCC. The highest BCUT2D eigenvalue weighted by molar-refractivity contribution is 5.76. The Kier molecular flexibility index (Phi) is 28.5. The zero-order chi connectivity index (χ0) is 28.8. The number of hydrogen-bond donors (Lipinski definition) is 4. The highest BCUT2D eigenvalue weighted by atomic mass is 16.3. The molecule has 0 heterocycles. The maximum atomic E-state index is 12.3. The molecule has 0 aromatic rings. The molecule has 0 bridgehead atoms. The van der Waals surface area contributed by atoms with E-state index in [0.29, 0.717) is 12.8 Å². The molecule has 3 atom stereocenters. The summed E-state index contributed by atoms with van der Waals surface area (Å²) in [6.45, 7) is 4.04. The Morgan fingerprint density at radius 1 is 0.615 bits per heavy atom. The van der Waals surface area contributed by atoms with E-state index in [-0.39, 0.29) is 12.5 Å². The number of carbonyl (C=O) groups excluding carboxylic acids is 1. The van der Waals surface area contributed by atoms with E-state index in [1.807, 2.05) is 0 Å². The van der Waals surface area contributed by atoms with E-state index in [9.17, 15) is 20.1 Å². The van der Waals surface area contributed by atoms with Gasteiger partial charge >= 0.3 is 0 Å². The Labute approximate surface area is 241 Å². The Morgan fingerprint density at radius 3 is 1.67 bits per heavy atom. The molecular formula is C34H63NO4. The second kappa shape index (κ2) is 29.6. The molecule has 5 heteroatoms. The zero-order valence-corrected chi connectivity index (χ0v) is 25.5. The molecule has 1 amide bonds. The Hall–Kier alpha value is -1.43. The van der Waals surface area contributed by atoms with Crippen molar-refractivity contribution in [1.29, 1.82) is 0 Å². The van der Waals surface area contributed by atoms with Gasteiger partial charge in [0.15, 0.2) is 0 Å². The summed E-state index contributed by atoms with van der Waals surface area (Å²) in [6.07, 6.45) is 33.8. The first-order chi connectivity index (χ1) is 19.1. The smallest absolute Gasteiger partial charge is 0.220 e. The summed E-state index contributed by atoms with van der Waals surface area (Å²) in [5, 5.41) is 33.1. The molecule has 0 spiro atoms. The van der Waals surface area contributed by atoms with Crippen LogP contribution in [0.4, 0.5) is 0 Å². The minimum Gasteiger partial charge on any atom is -0.394 e. The van der Waals surface area contributed by atoms with Gasteiger partial charge in [-0.1, -0.05) is 108 Å². The van der Waals surface area contributed by atoms with Gasteiger partial charge in [-0.2, -0.15) is 0 Å². The molecule has 0 aliphatic carbocycles. The lowest BCUT2D eigenvalue weighted by molar-refractivity contribution is -0.124. The number of amides is 1. The van der Waals surface area contributed by atoms with Gasteiger partial charge in [-0.15, -0.1) is 0 Å². The normalized spacial score (nSPS) is 14.5. The van der Waals surface area contributed by atoms with Gasteiger partial charge in [0.2, 0.25) is 5.91 Å². The summed E-state index contributed by atoms with van der Waals surface area (Å²) < 4.78 is 0. The van der Waals surface area contributed by atoms with Crippen LogP contribution in [0.15, 0.2) is 36.5 Å². The molecule has 0 rings (SSSR count). The minimum absolute atomic E-state index is 0.169. The summed E-state index contributed by atoms with van der Waals surface area (Å²) in [6, 6.07) is -0.830. The molecule has 0 saturated heterocycles. The van der Waals surface area contributed by atoms with Gasteiger partial charge in [-0.25, -0.2) is 0 Å². The summed E-state index contributed by atoms with van der Waals surface area (Å²) in [7, 11) is 0. The summed E-state index contributed by atoms with van der Waals surface area (Å²) >= 11 is 0. The van der Waals surface area contributed by atoms with Gasteiger partial charge in [0, 0.05) is 6.42 Å². The van der Waals surface area contributed by atoms with Crippen molar-refractivity contribution < 1.29 is 20.1 Å². The third-order valence-electron chi connectivity index (χ3n) is 7.17. The lowest BCUT2D eigenvalue weighted by atomic mass is 10.0. The minimum atomic E-state index is -1.16. The second-order valence-corrected chi connectivity index (χ2v) is 11.0. The maximum absolute atomic E-state index is 12.3. The lowest BCUT2D eigenvalue weighted by Crippen LogP contribution is -2.50. The van der Waals surface area contributed by atoms with Crippen LogP contribution in [0.5, 0.6) is 0 Å². The van der Waals surface area contributed by atoms with Crippen LogP contribution in [0.1, 0.15) is 149 Å². The number of carbonyl (C=O) groups is 1. The molecule has 0 aromatic heterocycles. The molecule has 0 aliphatic rings. The van der Waals surface area contributed by atoms with E-state index in [1.165, 1.54) is 70.6 Å². The van der Waals surface area contributed by atoms with Crippen LogP contribution >= 0.6 is 0 Å². The molecular weight excluding hydrogens is 486 g/mol. The number of allylic oxidation sites excluding steroid dienone is 6. The van der Waals surface area contributed by atoms with Crippen molar-refractivity contribution in [3.63, 3.8) is 0 Å². The van der Waals surface area contributed by atoms with Gasteiger partial charge in [0.25, 0.3) is 0 Å². The van der Waals surface area contributed by atoms with E-state index in [0.717, 1.165) is 51.4 Å². The third kappa shape index (κ3) is 25.3. The van der Waals surface area contributed by atoms with Crippen molar-refractivity contribution in [3.8, 4) is 0 Å². The summed E-state index contributed by atoms with van der Waals surface area (Å²) in [5.74, 6) is -0.169. The number of aliphatic hydroxyl groups is 3. The molecule has 0 fully saturated rings. The fourth-order valence-corrected chi connectivity index (χ4v) is 4.59. The average Bonchev–Trinajstić information content (AvgIpc) is 2.94. The maximum Gasteiger partial charge on any atom is 0.220 e. The second-order valence-electron chi connectivity index (χ2n) is 11.0. The standard InChI is InChI=1S/C34H63NO4/c1-3-5-7-9-11-13-15-16-17-18-19-21-23-25-27-29-33(38)35-31(30-36)34(39)32(37)28-26-24-22-20-14-12-10-8-6-4-2/h8,10,13,15,20,22,31-32,34,36-37,39H,3-7,9,11-12,14,16-19,21,23-30H2,1-2H3,(H,35,38)/b10-8+,15-13-,22-20+. The lowest BCUT2D eigenvalue weighted by Gasteiger charge is -2.26. The molecule has 0 aliphatic heterocycles. The first kappa shape index (κ1) is 37.6. The Balaban J connectivity index is 3.80. The summed E-state index contributed by atoms with van der Waals surface area (Å²) in [4.78, 5) is 12.3. The van der Waals surface area contributed by atoms with Crippen LogP contribution in [-0.2, 0) is 4.79 Å². The highest BCUT2D eigenvalue weighted by Gasteiger charge is 2.26. The highest BCUT2D eigenvalue weighted by Crippen LogP contribution is 2.12. The number of nitrogens with one attached hydrogen (secondary N) is 1. The number of rotatable bonds is 28. The van der Waals surface area contributed by atoms with Crippen molar-refractivity contribution in [2.45, 2.75) is 167 Å². The van der Waals surface area contributed by atoms with Crippen LogP contribution < -0.4 is 5.32 Å². The van der Waals surface area contributed by atoms with E-state index in [1.54, 1.807) is 0 Å². The monoisotopic (exact) mass is 549 g/mol. The molecule has 0 saturated carbocycles. The first-order valence-electron chi connectivity index (χ1n) is 16.3. The van der Waals surface area contributed by atoms with Gasteiger partial charge in [-0.05, 0) is 70.6 Å². The van der Waals surface area contributed by atoms with E-state index < -0.39 is 18.2 Å². The summed E-state index contributed by atoms with van der Waals surface area (Å²) in [5.41, 5.74) is 0. The fourth-order valence-electron chi connectivity index (χ4n) is 4.59. The van der Waals surface area contributed by atoms with E-state index in [2.05, 4.69) is 55.6 Å². The van der Waals surface area contributed by atoms with Crippen LogP contribution in [0.3, 0.4) is 0 Å². The predicted octanol–water partition coefficient (Wildman–Crippen LogP) is 8.09. The van der Waals surface area contributed by atoms with E-state index >= 15 is 0 Å². The number of hydrogen-bond acceptors (Lipinski definition) is 4. The largest absolute Gasteiger partial charge is 0.394 e. The topological polar surface area (TPSA) is 89.8 Å². The van der Waals surface area contributed by atoms with Crippen LogP contribution in [0, 0.1) is 0 Å². The van der Waals surface area contributed by atoms with Crippen molar-refractivity contribution in [2.24, 2.45) is 0 Å². The Bertz CT molecular complexity index is 616. The molecule has 3 unspecified atom stereocenters. The third-order valence-corrected chi connectivity index (χ3v) is 7.17. The van der Waals surface area contributed by atoms with Crippen molar-refractivity contribution >= 4 is 5.91 Å². The Morgan fingerprint density at radius 2 is 1.10 bits per heavy atom. The fraction of sp³-hybridized carbons (Fsp3) is 0.794. The van der Waals surface area contributed by atoms with Crippen molar-refractivity contribution in [1.82, 2.24) is 5.32 Å². The molecule has 228 valence electrons. The van der Waals surface area contributed by atoms with Crippen LogP contribution in [0.2, 0.25) is 0 Å². The van der Waals surface area contributed by atoms with E-state index in [4.69, 9.17) is 0 Å². The number of unbranched alkanes of at least 4 members (excludes halogenated alkanes) is 14. The molecule has 4 N–H and O–H groups in total. The molecule has 5 nitrogen and oxygen atoms in total. The van der Waals surface area contributed by atoms with Crippen LogP contribution in [-0.4, -0.2) is 46.1 Å².